The van der Waals surface area contributed by atoms with Crippen LogP contribution in [0, 0.1) is 0 Å². The van der Waals surface area contributed by atoms with Crippen LogP contribution >= 0.6 is 0 Å². The van der Waals surface area contributed by atoms with Crippen LogP contribution in [-0.4, -0.2) is 24.1 Å². The largest absolute Gasteiger partial charge is 0.309 e. The molecule has 3 heterocycles. The lowest BCUT2D eigenvalue weighted by molar-refractivity contribution is 0.951. The Morgan fingerprint density at radius 3 is 0.956 bits per heavy atom. The van der Waals surface area contributed by atoms with Gasteiger partial charge >= 0.3 is 0 Å². The zero-order chi connectivity index (χ0) is 45.0. The van der Waals surface area contributed by atoms with Gasteiger partial charge in [0, 0.05) is 32.7 Å². The molecule has 5 heteroatoms. The maximum Gasteiger partial charge on any atom is 0.238 e. The van der Waals surface area contributed by atoms with Gasteiger partial charge < -0.3 is 4.57 Å². The third-order valence-electron chi connectivity index (χ3n) is 13.2. The van der Waals surface area contributed by atoms with E-state index in [9.17, 15) is 0 Å². The number of benzene rings is 10. The van der Waals surface area contributed by atoms with Gasteiger partial charge in [-0.2, -0.15) is 9.97 Å². The summed E-state index contributed by atoms with van der Waals surface area (Å²) < 4.78 is 4.59. The minimum absolute atomic E-state index is 0.547. The first-order chi connectivity index (χ1) is 33.7. The quantitative estimate of drug-likeness (QED) is 0.153. The maximum atomic E-state index is 5.50. The molecule has 68 heavy (non-hydrogen) atoms. The van der Waals surface area contributed by atoms with E-state index in [0.29, 0.717) is 17.6 Å². The summed E-state index contributed by atoms with van der Waals surface area (Å²) in [5, 5.41) is 4.59. The van der Waals surface area contributed by atoms with E-state index in [2.05, 4.69) is 240 Å². The molecular weight excluding hydrogens is 827 g/mol. The average Bonchev–Trinajstić information content (AvgIpc) is 3.93. The molecule has 0 amide bonds. The van der Waals surface area contributed by atoms with E-state index in [4.69, 9.17) is 15.0 Å². The molecule has 3 aromatic heterocycles. The van der Waals surface area contributed by atoms with E-state index < -0.39 is 0 Å². The molecule has 0 unspecified atom stereocenters. The summed E-state index contributed by atoms with van der Waals surface area (Å²) in [5.74, 6) is 1.73. The summed E-state index contributed by atoms with van der Waals surface area (Å²) in [6.45, 7) is 0. The van der Waals surface area contributed by atoms with Crippen LogP contribution in [0.4, 0.5) is 0 Å². The Morgan fingerprint density at radius 2 is 0.559 bits per heavy atom. The standard InChI is InChI=1S/C63H41N5/c1-6-18-42(19-7-1)47-30-34-57-52(38-47)53-39-48(43-20-8-2-9-21-43)31-35-58(53)67(57)56-29-17-16-28-51(56)62-64-61(46-26-14-5-15-27-46)65-63(66-62)68-59-36-32-49(44-22-10-3-11-23-44)40-54(59)55-41-50(33-37-60(55)68)45-24-12-4-13-25-45/h1-41H. The van der Waals surface area contributed by atoms with Crippen molar-refractivity contribution < 1.29 is 0 Å². The molecule has 0 aliphatic heterocycles. The number of nitrogens with zero attached hydrogens (tertiary/aromatic N) is 5. The molecular formula is C63H41N5. The minimum atomic E-state index is 0.547. The zero-order valence-corrected chi connectivity index (χ0v) is 36.9. The van der Waals surface area contributed by atoms with Crippen molar-refractivity contribution in [2.24, 2.45) is 0 Å². The van der Waals surface area contributed by atoms with Crippen molar-refractivity contribution in [1.29, 1.82) is 0 Å². The molecule has 13 aromatic rings. The highest BCUT2D eigenvalue weighted by molar-refractivity contribution is 6.13. The van der Waals surface area contributed by atoms with Gasteiger partial charge in [-0.05, 0) is 105 Å². The van der Waals surface area contributed by atoms with Gasteiger partial charge in [-0.15, -0.1) is 0 Å². The topological polar surface area (TPSA) is 48.5 Å². The number of para-hydroxylation sites is 1. The second kappa shape index (κ2) is 16.4. The Labute approximate surface area is 393 Å². The van der Waals surface area contributed by atoms with Gasteiger partial charge in [-0.3, -0.25) is 4.57 Å². The van der Waals surface area contributed by atoms with Gasteiger partial charge in [0.05, 0.1) is 27.8 Å². The molecule has 5 nitrogen and oxygen atoms in total. The summed E-state index contributed by atoms with van der Waals surface area (Å²) >= 11 is 0. The lowest BCUT2D eigenvalue weighted by Gasteiger charge is -2.15. The molecule has 0 aliphatic rings. The van der Waals surface area contributed by atoms with Crippen LogP contribution in [-0.2, 0) is 0 Å². The fourth-order valence-electron chi connectivity index (χ4n) is 9.92. The summed E-state index contributed by atoms with van der Waals surface area (Å²) in [6.07, 6.45) is 0. The molecule has 0 bridgehead atoms. The smallest absolute Gasteiger partial charge is 0.238 e. The fourth-order valence-corrected chi connectivity index (χ4v) is 9.92. The van der Waals surface area contributed by atoms with Crippen molar-refractivity contribution in [3.8, 4) is 78.9 Å². The zero-order valence-electron chi connectivity index (χ0n) is 36.9. The Hall–Kier alpha value is -9.19. The summed E-state index contributed by atoms with van der Waals surface area (Å²) in [7, 11) is 0. The van der Waals surface area contributed by atoms with Crippen LogP contribution in [0.2, 0.25) is 0 Å². The van der Waals surface area contributed by atoms with Crippen LogP contribution in [0.5, 0.6) is 0 Å². The van der Waals surface area contributed by atoms with Crippen molar-refractivity contribution in [1.82, 2.24) is 24.1 Å². The molecule has 0 spiro atoms. The van der Waals surface area contributed by atoms with Crippen LogP contribution in [0.25, 0.3) is 123 Å². The molecule has 0 saturated carbocycles. The van der Waals surface area contributed by atoms with Gasteiger partial charge in [-0.25, -0.2) is 4.98 Å². The SMILES string of the molecule is c1ccc(-c2ccc3c(c2)c2cc(-c4ccccc4)ccc2n3-c2nc(-c3ccccc3)nc(-c3ccccc3-n3c4ccc(-c5ccccc5)cc4c4cc(-c5ccccc5)ccc43)n2)cc1. The molecule has 0 saturated heterocycles. The molecule has 10 aromatic carbocycles. The highest BCUT2D eigenvalue weighted by atomic mass is 15.2. The minimum Gasteiger partial charge on any atom is -0.309 e. The second-order valence-electron chi connectivity index (χ2n) is 17.2. The van der Waals surface area contributed by atoms with Gasteiger partial charge in [-0.1, -0.05) is 188 Å². The summed E-state index contributed by atoms with van der Waals surface area (Å²) in [4.78, 5) is 16.2. The van der Waals surface area contributed by atoms with E-state index in [1.54, 1.807) is 0 Å². The average molecular weight is 868 g/mol. The Morgan fingerprint density at radius 1 is 0.235 bits per heavy atom. The van der Waals surface area contributed by atoms with Crippen molar-refractivity contribution in [2.75, 3.05) is 0 Å². The molecule has 0 N–H and O–H groups in total. The predicted octanol–water partition coefficient (Wildman–Crippen LogP) is 16.1. The Bertz CT molecular complexity index is 3800. The van der Waals surface area contributed by atoms with Gasteiger partial charge in [0.2, 0.25) is 5.95 Å². The number of aromatic nitrogens is 5. The first-order valence-corrected chi connectivity index (χ1v) is 23.0. The fraction of sp³-hybridized carbons (Fsp3) is 0. The number of rotatable bonds is 8. The third-order valence-corrected chi connectivity index (χ3v) is 13.2. The van der Waals surface area contributed by atoms with E-state index in [1.165, 1.54) is 33.0 Å². The Balaban J connectivity index is 1.06. The van der Waals surface area contributed by atoms with Crippen molar-refractivity contribution >= 4 is 43.6 Å². The summed E-state index contributed by atoms with van der Waals surface area (Å²) in [6, 6.07) is 88.3. The highest BCUT2D eigenvalue weighted by Crippen LogP contribution is 2.41. The molecule has 0 radical (unpaired) electrons. The molecule has 0 aliphatic carbocycles. The highest BCUT2D eigenvalue weighted by Gasteiger charge is 2.23. The van der Waals surface area contributed by atoms with Crippen LogP contribution in [0.3, 0.4) is 0 Å². The van der Waals surface area contributed by atoms with Gasteiger partial charge in [0.1, 0.15) is 0 Å². The molecule has 13 rings (SSSR count). The van der Waals surface area contributed by atoms with Gasteiger partial charge in [0.15, 0.2) is 11.6 Å². The van der Waals surface area contributed by atoms with E-state index in [1.807, 2.05) is 18.2 Å². The summed E-state index contributed by atoms with van der Waals surface area (Å²) in [5.41, 5.74) is 16.3. The third kappa shape index (κ3) is 6.76. The van der Waals surface area contributed by atoms with Crippen LogP contribution in [0.15, 0.2) is 249 Å². The number of fused-ring (bicyclic) bond motifs is 6. The van der Waals surface area contributed by atoms with E-state index in [-0.39, 0.29) is 0 Å². The van der Waals surface area contributed by atoms with Crippen molar-refractivity contribution in [3.63, 3.8) is 0 Å². The van der Waals surface area contributed by atoms with Gasteiger partial charge in [0.25, 0.3) is 0 Å². The number of hydrogen-bond donors (Lipinski definition) is 0. The lowest BCUT2D eigenvalue weighted by Crippen LogP contribution is -2.07. The van der Waals surface area contributed by atoms with E-state index in [0.717, 1.165) is 71.9 Å². The lowest BCUT2D eigenvalue weighted by atomic mass is 10.0. The molecule has 0 atom stereocenters. The van der Waals surface area contributed by atoms with Crippen LogP contribution < -0.4 is 0 Å². The maximum absolute atomic E-state index is 5.50. The predicted molar refractivity (Wildman–Crippen MR) is 281 cm³/mol. The Kier molecular flexibility index (Phi) is 9.43. The molecule has 318 valence electrons. The monoisotopic (exact) mass is 867 g/mol. The molecule has 0 fully saturated rings. The second-order valence-corrected chi connectivity index (χ2v) is 17.2. The number of hydrogen-bond acceptors (Lipinski definition) is 3. The van der Waals surface area contributed by atoms with E-state index >= 15 is 0 Å². The normalized spacial score (nSPS) is 11.5. The first kappa shape index (κ1) is 39.2. The first-order valence-electron chi connectivity index (χ1n) is 23.0. The van der Waals surface area contributed by atoms with Crippen LogP contribution in [0.1, 0.15) is 0 Å². The van der Waals surface area contributed by atoms with Crippen molar-refractivity contribution in [3.05, 3.63) is 249 Å². The van der Waals surface area contributed by atoms with Crippen molar-refractivity contribution in [2.45, 2.75) is 0 Å².